The zero-order valence-electron chi connectivity index (χ0n) is 15.1. The van der Waals surface area contributed by atoms with Crippen molar-refractivity contribution in [2.75, 3.05) is 0 Å². The van der Waals surface area contributed by atoms with Gasteiger partial charge in [-0.1, -0.05) is 35.9 Å². The summed E-state index contributed by atoms with van der Waals surface area (Å²) in [6.45, 7) is 1.98. The summed E-state index contributed by atoms with van der Waals surface area (Å²) in [5.41, 5.74) is 1.25. The molecule has 0 spiro atoms. The van der Waals surface area contributed by atoms with Gasteiger partial charge in [0.25, 0.3) is 0 Å². The van der Waals surface area contributed by atoms with Crippen molar-refractivity contribution in [3.8, 4) is 11.8 Å². The number of aryl methyl sites for hydroxylation is 1. The van der Waals surface area contributed by atoms with Crippen molar-refractivity contribution in [3.05, 3.63) is 94.8 Å². The highest BCUT2D eigenvalue weighted by molar-refractivity contribution is 5.44. The highest BCUT2D eigenvalue weighted by atomic mass is 19.4. The number of hydrogen-bond donors (Lipinski definition) is 0. The fourth-order valence-electron chi connectivity index (χ4n) is 2.80. The van der Waals surface area contributed by atoms with Gasteiger partial charge in [0, 0.05) is 12.6 Å². The fourth-order valence-corrected chi connectivity index (χ4v) is 2.80. The molecule has 1 atom stereocenters. The van der Waals surface area contributed by atoms with Crippen LogP contribution >= 0.6 is 0 Å². The van der Waals surface area contributed by atoms with Gasteiger partial charge in [0.2, 0.25) is 0 Å². The zero-order valence-corrected chi connectivity index (χ0v) is 15.1. The molecule has 0 amide bonds. The van der Waals surface area contributed by atoms with Gasteiger partial charge in [-0.3, -0.25) is 4.98 Å². The van der Waals surface area contributed by atoms with Crippen LogP contribution < -0.4 is 4.74 Å². The Balaban J connectivity index is 1.94. The maximum atomic E-state index is 13.2. The minimum absolute atomic E-state index is 0.0362. The summed E-state index contributed by atoms with van der Waals surface area (Å²) in [4.78, 5) is 4.29. The van der Waals surface area contributed by atoms with E-state index in [0.29, 0.717) is 12.1 Å². The molecule has 0 fully saturated rings. The zero-order chi connectivity index (χ0) is 20.1. The van der Waals surface area contributed by atoms with Crippen LogP contribution in [-0.4, -0.2) is 4.98 Å². The number of nitrogens with zero attached hydrogens (tertiary/aromatic N) is 2. The Morgan fingerprint density at radius 1 is 1.07 bits per heavy atom. The van der Waals surface area contributed by atoms with Crippen LogP contribution in [0.2, 0.25) is 0 Å². The standard InChI is InChI=1S/C22H17F3N2O/c1-15-5-7-16(8-6-15)12-21(20-4-2-3-11-27-20)28-18-10-9-17(14-26)19(13-18)22(23,24)25/h2-11,13,21H,12H2,1H3. The number of benzene rings is 2. The third kappa shape index (κ3) is 4.68. The van der Waals surface area contributed by atoms with Crippen molar-refractivity contribution < 1.29 is 17.9 Å². The van der Waals surface area contributed by atoms with Gasteiger partial charge in [-0.15, -0.1) is 0 Å². The smallest absolute Gasteiger partial charge is 0.417 e. The molecule has 3 aromatic rings. The van der Waals surface area contributed by atoms with Gasteiger partial charge in [-0.2, -0.15) is 18.4 Å². The molecule has 0 aliphatic rings. The van der Waals surface area contributed by atoms with Crippen LogP contribution in [0.1, 0.15) is 34.1 Å². The van der Waals surface area contributed by atoms with Gasteiger partial charge < -0.3 is 4.74 Å². The summed E-state index contributed by atoms with van der Waals surface area (Å²) in [5, 5.41) is 8.95. The summed E-state index contributed by atoms with van der Waals surface area (Å²) in [5.74, 6) is 0.0362. The van der Waals surface area contributed by atoms with Crippen LogP contribution in [0, 0.1) is 18.3 Å². The van der Waals surface area contributed by atoms with Crippen molar-refractivity contribution in [2.24, 2.45) is 0 Å². The quantitative estimate of drug-likeness (QED) is 0.573. The number of alkyl halides is 3. The van der Waals surface area contributed by atoms with E-state index in [0.717, 1.165) is 23.3 Å². The van der Waals surface area contributed by atoms with E-state index in [-0.39, 0.29) is 5.75 Å². The normalized spacial score (nSPS) is 12.2. The Morgan fingerprint density at radius 3 is 2.43 bits per heavy atom. The summed E-state index contributed by atoms with van der Waals surface area (Å²) in [6.07, 6.45) is -3.15. The van der Waals surface area contributed by atoms with Crippen molar-refractivity contribution >= 4 is 0 Å². The molecule has 1 aromatic heterocycles. The molecular formula is C22H17F3N2O. The van der Waals surface area contributed by atoms with Crippen molar-refractivity contribution in [1.29, 1.82) is 5.26 Å². The Kier molecular flexibility index (Phi) is 5.65. The largest absolute Gasteiger partial charge is 0.484 e. The van der Waals surface area contributed by atoms with Gasteiger partial charge >= 0.3 is 6.18 Å². The lowest BCUT2D eigenvalue weighted by Crippen LogP contribution is -2.14. The van der Waals surface area contributed by atoms with Crippen LogP contribution in [-0.2, 0) is 12.6 Å². The highest BCUT2D eigenvalue weighted by Gasteiger charge is 2.34. The lowest BCUT2D eigenvalue weighted by molar-refractivity contribution is -0.137. The van der Waals surface area contributed by atoms with Crippen LogP contribution in [0.3, 0.4) is 0 Å². The summed E-state index contributed by atoms with van der Waals surface area (Å²) >= 11 is 0. The van der Waals surface area contributed by atoms with E-state index in [2.05, 4.69) is 4.98 Å². The lowest BCUT2D eigenvalue weighted by Gasteiger charge is -2.20. The van der Waals surface area contributed by atoms with E-state index >= 15 is 0 Å². The first-order valence-electron chi connectivity index (χ1n) is 8.61. The predicted molar refractivity (Wildman–Crippen MR) is 98.6 cm³/mol. The molecule has 0 aliphatic carbocycles. The van der Waals surface area contributed by atoms with Crippen LogP contribution in [0.5, 0.6) is 5.75 Å². The molecule has 3 rings (SSSR count). The topological polar surface area (TPSA) is 45.9 Å². The molecule has 0 saturated heterocycles. The number of halogens is 3. The Morgan fingerprint density at radius 2 is 1.82 bits per heavy atom. The fraction of sp³-hybridized carbons (Fsp3) is 0.182. The second-order valence-electron chi connectivity index (χ2n) is 6.37. The van der Waals surface area contributed by atoms with Crippen LogP contribution in [0.25, 0.3) is 0 Å². The third-order valence-corrected chi connectivity index (χ3v) is 4.25. The number of aromatic nitrogens is 1. The van der Waals surface area contributed by atoms with Crippen molar-refractivity contribution in [2.45, 2.75) is 25.6 Å². The molecule has 0 radical (unpaired) electrons. The lowest BCUT2D eigenvalue weighted by atomic mass is 10.0. The number of ether oxygens (including phenoxy) is 1. The Hall–Kier alpha value is -3.33. The van der Waals surface area contributed by atoms with E-state index < -0.39 is 23.4 Å². The molecule has 0 N–H and O–H groups in total. The van der Waals surface area contributed by atoms with Gasteiger partial charge in [-0.25, -0.2) is 0 Å². The summed E-state index contributed by atoms with van der Waals surface area (Å²) < 4.78 is 45.6. The molecule has 6 heteroatoms. The SMILES string of the molecule is Cc1ccc(CC(Oc2ccc(C#N)c(C(F)(F)F)c2)c2ccccn2)cc1. The summed E-state index contributed by atoms with van der Waals surface area (Å²) in [7, 11) is 0. The molecule has 1 unspecified atom stereocenters. The van der Waals surface area contributed by atoms with E-state index in [4.69, 9.17) is 10.00 Å². The van der Waals surface area contributed by atoms with E-state index in [1.54, 1.807) is 30.5 Å². The minimum Gasteiger partial charge on any atom is -0.484 e. The molecule has 2 aromatic carbocycles. The monoisotopic (exact) mass is 382 g/mol. The molecule has 142 valence electrons. The molecule has 0 bridgehead atoms. The highest BCUT2D eigenvalue weighted by Crippen LogP contribution is 2.35. The van der Waals surface area contributed by atoms with E-state index in [1.807, 2.05) is 31.2 Å². The first-order valence-corrected chi connectivity index (χ1v) is 8.61. The maximum Gasteiger partial charge on any atom is 0.417 e. The first-order chi connectivity index (χ1) is 13.4. The van der Waals surface area contributed by atoms with Crippen LogP contribution in [0.15, 0.2) is 66.9 Å². The van der Waals surface area contributed by atoms with Gasteiger partial charge in [-0.05, 0) is 42.8 Å². The molecule has 0 aliphatic heterocycles. The average molecular weight is 382 g/mol. The van der Waals surface area contributed by atoms with E-state index in [1.165, 1.54) is 6.07 Å². The van der Waals surface area contributed by atoms with E-state index in [9.17, 15) is 13.2 Å². The third-order valence-electron chi connectivity index (χ3n) is 4.25. The molecule has 1 heterocycles. The maximum absolute atomic E-state index is 13.2. The number of hydrogen-bond acceptors (Lipinski definition) is 3. The number of nitriles is 1. The average Bonchev–Trinajstić information content (AvgIpc) is 2.69. The predicted octanol–water partition coefficient (Wildman–Crippen LogP) is 5.64. The van der Waals surface area contributed by atoms with Crippen molar-refractivity contribution in [3.63, 3.8) is 0 Å². The summed E-state index contributed by atoms with van der Waals surface area (Å²) in [6, 6.07) is 18.1. The minimum atomic E-state index is -4.64. The molecule has 0 saturated carbocycles. The van der Waals surface area contributed by atoms with Gasteiger partial charge in [0.1, 0.15) is 11.9 Å². The second-order valence-corrected chi connectivity index (χ2v) is 6.37. The Labute approximate surface area is 161 Å². The number of rotatable bonds is 5. The molecule has 3 nitrogen and oxygen atoms in total. The molecular weight excluding hydrogens is 365 g/mol. The second kappa shape index (κ2) is 8.13. The number of pyridine rings is 1. The molecule has 28 heavy (non-hydrogen) atoms. The van der Waals surface area contributed by atoms with Gasteiger partial charge in [0.05, 0.1) is 22.9 Å². The van der Waals surface area contributed by atoms with Gasteiger partial charge in [0.15, 0.2) is 0 Å². The van der Waals surface area contributed by atoms with Crippen molar-refractivity contribution in [1.82, 2.24) is 4.98 Å². The first kappa shape index (κ1) is 19.4. The Bertz CT molecular complexity index is 977. The van der Waals surface area contributed by atoms with Crippen LogP contribution in [0.4, 0.5) is 13.2 Å².